The highest BCUT2D eigenvalue weighted by atomic mass is 35.5. The minimum Gasteiger partial charge on any atom is -0.382 e. The number of hydrogen-bond donors (Lipinski definition) is 1. The van der Waals surface area contributed by atoms with Crippen LogP contribution in [-0.2, 0) is 0 Å². The summed E-state index contributed by atoms with van der Waals surface area (Å²) >= 11 is 11.6. The molecule has 0 atom stereocenters. The van der Waals surface area contributed by atoms with Crippen molar-refractivity contribution in [2.45, 2.75) is 33.1 Å². The summed E-state index contributed by atoms with van der Waals surface area (Å²) in [5.74, 6) is 0.764. The molecule has 1 rings (SSSR count). The predicted octanol–water partition coefficient (Wildman–Crippen LogP) is 4.02. The van der Waals surface area contributed by atoms with E-state index in [2.05, 4.69) is 29.4 Å². The van der Waals surface area contributed by atoms with Gasteiger partial charge >= 0.3 is 0 Å². The molecular formula is C11H17Cl2N3. The molecule has 0 spiro atoms. The van der Waals surface area contributed by atoms with Crippen LogP contribution < -0.4 is 5.32 Å². The van der Waals surface area contributed by atoms with Gasteiger partial charge in [0.2, 0.25) is 0 Å². The SMILES string of the molecule is CC(C)CCCCNc1cc(Cl)nnc1Cl. The Morgan fingerprint density at radius 1 is 1.25 bits per heavy atom. The van der Waals surface area contributed by atoms with Crippen molar-refractivity contribution in [2.75, 3.05) is 11.9 Å². The van der Waals surface area contributed by atoms with Gasteiger partial charge < -0.3 is 5.32 Å². The highest BCUT2D eigenvalue weighted by Crippen LogP contribution is 2.20. The topological polar surface area (TPSA) is 37.8 Å². The van der Waals surface area contributed by atoms with E-state index in [4.69, 9.17) is 23.2 Å². The van der Waals surface area contributed by atoms with Crippen molar-refractivity contribution in [1.29, 1.82) is 0 Å². The number of nitrogens with zero attached hydrogens (tertiary/aromatic N) is 2. The van der Waals surface area contributed by atoms with Gasteiger partial charge in [0.15, 0.2) is 10.3 Å². The van der Waals surface area contributed by atoms with Gasteiger partial charge in [0.25, 0.3) is 0 Å². The van der Waals surface area contributed by atoms with Crippen LogP contribution in [0.5, 0.6) is 0 Å². The zero-order valence-electron chi connectivity index (χ0n) is 9.63. The van der Waals surface area contributed by atoms with Crippen molar-refractivity contribution in [1.82, 2.24) is 10.2 Å². The lowest BCUT2D eigenvalue weighted by molar-refractivity contribution is 0.545. The molecule has 1 aromatic rings. The quantitative estimate of drug-likeness (QED) is 0.787. The highest BCUT2D eigenvalue weighted by Gasteiger charge is 2.03. The number of rotatable bonds is 6. The molecule has 0 radical (unpaired) electrons. The second kappa shape index (κ2) is 6.92. The number of unbranched alkanes of at least 4 members (excludes halogenated alkanes) is 1. The van der Waals surface area contributed by atoms with Crippen molar-refractivity contribution in [2.24, 2.45) is 5.92 Å². The lowest BCUT2D eigenvalue weighted by atomic mass is 10.1. The number of hydrogen-bond acceptors (Lipinski definition) is 3. The highest BCUT2D eigenvalue weighted by molar-refractivity contribution is 6.33. The molecule has 5 heteroatoms. The van der Waals surface area contributed by atoms with Crippen LogP contribution in [0.3, 0.4) is 0 Å². The first-order chi connectivity index (χ1) is 7.59. The van der Waals surface area contributed by atoms with Gasteiger partial charge in [-0.05, 0) is 12.3 Å². The maximum Gasteiger partial charge on any atom is 0.174 e. The average Bonchev–Trinajstić information content (AvgIpc) is 2.22. The first-order valence-corrected chi connectivity index (χ1v) is 6.27. The molecule has 0 saturated heterocycles. The molecule has 0 aliphatic rings. The van der Waals surface area contributed by atoms with Crippen LogP contribution in [0.1, 0.15) is 33.1 Å². The Balaban J connectivity index is 2.29. The molecule has 3 nitrogen and oxygen atoms in total. The van der Waals surface area contributed by atoms with E-state index in [1.165, 1.54) is 12.8 Å². The Bertz CT molecular complexity index is 329. The van der Waals surface area contributed by atoms with Gasteiger partial charge in [-0.15, -0.1) is 10.2 Å². The van der Waals surface area contributed by atoms with E-state index < -0.39 is 0 Å². The minimum absolute atomic E-state index is 0.356. The summed E-state index contributed by atoms with van der Waals surface area (Å²) in [4.78, 5) is 0. The van der Waals surface area contributed by atoms with Crippen LogP contribution in [0.25, 0.3) is 0 Å². The Kier molecular flexibility index (Phi) is 5.85. The number of aromatic nitrogens is 2. The molecule has 0 saturated carbocycles. The Hall–Kier alpha value is -0.540. The lowest BCUT2D eigenvalue weighted by Gasteiger charge is -2.08. The van der Waals surface area contributed by atoms with E-state index in [-0.39, 0.29) is 0 Å². The molecule has 0 bridgehead atoms. The molecule has 0 fully saturated rings. The van der Waals surface area contributed by atoms with Crippen molar-refractivity contribution >= 4 is 28.9 Å². The normalized spacial score (nSPS) is 10.8. The molecule has 0 amide bonds. The fourth-order valence-electron chi connectivity index (χ4n) is 1.38. The summed E-state index contributed by atoms with van der Waals surface area (Å²) in [7, 11) is 0. The molecule has 1 heterocycles. The first-order valence-electron chi connectivity index (χ1n) is 5.52. The van der Waals surface area contributed by atoms with Crippen LogP contribution in [0, 0.1) is 5.92 Å². The molecule has 0 aromatic carbocycles. The number of nitrogens with one attached hydrogen (secondary N) is 1. The third kappa shape index (κ3) is 4.99. The molecule has 0 aliphatic heterocycles. The second-order valence-electron chi connectivity index (χ2n) is 4.19. The number of anilines is 1. The third-order valence-corrected chi connectivity index (χ3v) is 2.71. The van der Waals surface area contributed by atoms with Crippen molar-refractivity contribution in [3.8, 4) is 0 Å². The summed E-state index contributed by atoms with van der Waals surface area (Å²) in [5.41, 5.74) is 0.756. The van der Waals surface area contributed by atoms with Crippen LogP contribution in [0.2, 0.25) is 10.3 Å². The third-order valence-electron chi connectivity index (χ3n) is 2.24. The van der Waals surface area contributed by atoms with Crippen LogP contribution in [0.15, 0.2) is 6.07 Å². The predicted molar refractivity (Wildman–Crippen MR) is 69.2 cm³/mol. The average molecular weight is 262 g/mol. The summed E-state index contributed by atoms with van der Waals surface area (Å²) in [6.07, 6.45) is 3.59. The number of halogens is 2. The van der Waals surface area contributed by atoms with E-state index >= 15 is 0 Å². The van der Waals surface area contributed by atoms with Crippen LogP contribution in [-0.4, -0.2) is 16.7 Å². The van der Waals surface area contributed by atoms with Gasteiger partial charge in [-0.2, -0.15) is 0 Å². The largest absolute Gasteiger partial charge is 0.382 e. The van der Waals surface area contributed by atoms with E-state index in [1.807, 2.05) is 0 Å². The van der Waals surface area contributed by atoms with Gasteiger partial charge in [0.05, 0.1) is 5.69 Å². The van der Waals surface area contributed by atoms with Crippen molar-refractivity contribution in [3.63, 3.8) is 0 Å². The van der Waals surface area contributed by atoms with Crippen LogP contribution in [0.4, 0.5) is 5.69 Å². The van der Waals surface area contributed by atoms with Gasteiger partial charge in [0.1, 0.15) is 0 Å². The zero-order chi connectivity index (χ0) is 12.0. The van der Waals surface area contributed by atoms with E-state index in [1.54, 1.807) is 6.07 Å². The standard InChI is InChI=1S/C11H17Cl2N3/c1-8(2)5-3-4-6-14-9-7-10(12)15-16-11(9)13/h7-8H,3-6H2,1-2H3,(H,14,15). The monoisotopic (exact) mass is 261 g/mol. The fraction of sp³-hybridized carbons (Fsp3) is 0.636. The molecule has 90 valence electrons. The minimum atomic E-state index is 0.356. The van der Waals surface area contributed by atoms with Gasteiger partial charge in [-0.25, -0.2) is 0 Å². The zero-order valence-corrected chi connectivity index (χ0v) is 11.1. The molecule has 0 aliphatic carbocycles. The molecule has 1 N–H and O–H groups in total. The van der Waals surface area contributed by atoms with Gasteiger partial charge in [-0.3, -0.25) is 0 Å². The Morgan fingerprint density at radius 2 is 2.00 bits per heavy atom. The Morgan fingerprint density at radius 3 is 2.69 bits per heavy atom. The summed E-state index contributed by atoms with van der Waals surface area (Å²) in [6, 6.07) is 1.69. The lowest BCUT2D eigenvalue weighted by Crippen LogP contribution is -2.04. The smallest absolute Gasteiger partial charge is 0.174 e. The van der Waals surface area contributed by atoms with Gasteiger partial charge in [-0.1, -0.05) is 49.9 Å². The van der Waals surface area contributed by atoms with Gasteiger partial charge in [0, 0.05) is 12.6 Å². The van der Waals surface area contributed by atoms with Crippen molar-refractivity contribution < 1.29 is 0 Å². The molecule has 1 aromatic heterocycles. The maximum atomic E-state index is 5.86. The maximum absolute atomic E-state index is 5.86. The molecule has 16 heavy (non-hydrogen) atoms. The van der Waals surface area contributed by atoms with E-state index in [9.17, 15) is 0 Å². The molecular weight excluding hydrogens is 245 g/mol. The summed E-state index contributed by atoms with van der Waals surface area (Å²) < 4.78 is 0. The summed E-state index contributed by atoms with van der Waals surface area (Å²) in [6.45, 7) is 5.35. The van der Waals surface area contributed by atoms with E-state index in [0.717, 1.165) is 24.6 Å². The fourth-order valence-corrected chi connectivity index (χ4v) is 1.68. The van der Waals surface area contributed by atoms with E-state index in [0.29, 0.717) is 10.3 Å². The van der Waals surface area contributed by atoms with Crippen molar-refractivity contribution in [3.05, 3.63) is 16.4 Å². The molecule has 0 unspecified atom stereocenters. The summed E-state index contributed by atoms with van der Waals surface area (Å²) in [5, 5.41) is 11.3. The van der Waals surface area contributed by atoms with Crippen LogP contribution >= 0.6 is 23.2 Å². The Labute approximate surface area is 107 Å². The second-order valence-corrected chi connectivity index (χ2v) is 4.93. The first kappa shape index (κ1) is 13.5.